The molecule has 1 aromatic rings. The second-order valence-corrected chi connectivity index (χ2v) is 4.92. The molecule has 0 fully saturated rings. The summed E-state index contributed by atoms with van der Waals surface area (Å²) in [6.07, 6.45) is 2.49. The fourth-order valence-corrected chi connectivity index (χ4v) is 1.86. The standard InChI is InChI=1S/C12H17Br/c1-9(2)4-5-11-6-7-12(13)8-10(11)3/h6-9H,4-5H2,1-3H3. The molecule has 0 spiro atoms. The highest BCUT2D eigenvalue weighted by atomic mass is 79.9. The van der Waals surface area contributed by atoms with Gasteiger partial charge in [-0.1, -0.05) is 35.8 Å². The summed E-state index contributed by atoms with van der Waals surface area (Å²) in [5.41, 5.74) is 2.88. The minimum atomic E-state index is 0.794. The molecular weight excluding hydrogens is 224 g/mol. The molecule has 0 nitrogen and oxygen atoms in total. The second kappa shape index (κ2) is 4.80. The van der Waals surface area contributed by atoms with Gasteiger partial charge in [0.2, 0.25) is 0 Å². The van der Waals surface area contributed by atoms with E-state index in [1.165, 1.54) is 28.4 Å². The van der Waals surface area contributed by atoms with Gasteiger partial charge >= 0.3 is 0 Å². The molecule has 0 saturated heterocycles. The summed E-state index contributed by atoms with van der Waals surface area (Å²) in [7, 11) is 0. The quantitative estimate of drug-likeness (QED) is 0.738. The molecule has 0 heterocycles. The summed E-state index contributed by atoms with van der Waals surface area (Å²) in [4.78, 5) is 0. The van der Waals surface area contributed by atoms with E-state index < -0.39 is 0 Å². The predicted octanol–water partition coefficient (Wildman–Crippen LogP) is 4.35. The first kappa shape index (κ1) is 10.8. The van der Waals surface area contributed by atoms with Gasteiger partial charge in [-0.25, -0.2) is 0 Å². The Labute approximate surface area is 89.5 Å². The van der Waals surface area contributed by atoms with Crippen LogP contribution in [-0.4, -0.2) is 0 Å². The van der Waals surface area contributed by atoms with Crippen LogP contribution in [0.15, 0.2) is 22.7 Å². The van der Waals surface area contributed by atoms with Crippen molar-refractivity contribution in [2.45, 2.75) is 33.6 Å². The summed E-state index contributed by atoms with van der Waals surface area (Å²) in [6.45, 7) is 6.72. The van der Waals surface area contributed by atoms with Crippen molar-refractivity contribution in [2.24, 2.45) is 5.92 Å². The van der Waals surface area contributed by atoms with Gasteiger partial charge in [0, 0.05) is 4.47 Å². The number of hydrogen-bond donors (Lipinski definition) is 0. The van der Waals surface area contributed by atoms with E-state index in [9.17, 15) is 0 Å². The minimum absolute atomic E-state index is 0.794. The molecule has 1 rings (SSSR count). The van der Waals surface area contributed by atoms with Crippen molar-refractivity contribution in [3.05, 3.63) is 33.8 Å². The lowest BCUT2D eigenvalue weighted by molar-refractivity contribution is 0.586. The Kier molecular flexibility index (Phi) is 3.98. The Hall–Kier alpha value is -0.300. The van der Waals surface area contributed by atoms with E-state index >= 15 is 0 Å². The lowest BCUT2D eigenvalue weighted by Gasteiger charge is -2.07. The normalized spacial score (nSPS) is 10.8. The fraction of sp³-hybridized carbons (Fsp3) is 0.500. The lowest BCUT2D eigenvalue weighted by Crippen LogP contribution is -1.94. The Morgan fingerprint density at radius 3 is 2.54 bits per heavy atom. The zero-order valence-corrected chi connectivity index (χ0v) is 10.2. The van der Waals surface area contributed by atoms with Crippen molar-refractivity contribution in [1.29, 1.82) is 0 Å². The summed E-state index contributed by atoms with van der Waals surface area (Å²) < 4.78 is 1.18. The van der Waals surface area contributed by atoms with Gasteiger partial charge in [-0.3, -0.25) is 0 Å². The first-order valence-corrected chi connectivity index (χ1v) is 5.64. The van der Waals surface area contributed by atoms with Crippen molar-refractivity contribution in [2.75, 3.05) is 0 Å². The van der Waals surface area contributed by atoms with Crippen molar-refractivity contribution < 1.29 is 0 Å². The van der Waals surface area contributed by atoms with E-state index in [0.29, 0.717) is 0 Å². The highest BCUT2D eigenvalue weighted by Gasteiger charge is 2.00. The molecule has 0 aliphatic rings. The van der Waals surface area contributed by atoms with Gasteiger partial charge in [0.1, 0.15) is 0 Å². The van der Waals surface area contributed by atoms with E-state index in [4.69, 9.17) is 0 Å². The van der Waals surface area contributed by atoms with Crippen LogP contribution in [0.5, 0.6) is 0 Å². The molecule has 0 atom stereocenters. The monoisotopic (exact) mass is 240 g/mol. The number of rotatable bonds is 3. The van der Waals surface area contributed by atoms with Crippen molar-refractivity contribution in [3.63, 3.8) is 0 Å². The molecule has 0 radical (unpaired) electrons. The molecule has 72 valence electrons. The molecule has 0 aliphatic heterocycles. The predicted molar refractivity (Wildman–Crippen MR) is 62.0 cm³/mol. The van der Waals surface area contributed by atoms with Crippen molar-refractivity contribution in [1.82, 2.24) is 0 Å². The third-order valence-corrected chi connectivity index (χ3v) is 2.79. The van der Waals surface area contributed by atoms with Gasteiger partial charge in [-0.15, -0.1) is 0 Å². The van der Waals surface area contributed by atoms with Gasteiger partial charge in [-0.2, -0.15) is 0 Å². The maximum atomic E-state index is 3.48. The van der Waals surface area contributed by atoms with E-state index in [1.54, 1.807) is 0 Å². The van der Waals surface area contributed by atoms with Crippen LogP contribution in [0.25, 0.3) is 0 Å². The van der Waals surface area contributed by atoms with E-state index in [0.717, 1.165) is 5.92 Å². The van der Waals surface area contributed by atoms with Crippen LogP contribution in [0, 0.1) is 12.8 Å². The maximum Gasteiger partial charge on any atom is 0.0178 e. The summed E-state index contributed by atoms with van der Waals surface area (Å²) >= 11 is 3.48. The van der Waals surface area contributed by atoms with Crippen molar-refractivity contribution in [3.8, 4) is 0 Å². The molecule has 0 amide bonds. The Morgan fingerprint density at radius 2 is 2.00 bits per heavy atom. The van der Waals surface area contributed by atoms with Crippen molar-refractivity contribution >= 4 is 15.9 Å². The maximum absolute atomic E-state index is 3.48. The molecule has 1 aromatic carbocycles. The van der Waals surface area contributed by atoms with Gasteiger partial charge < -0.3 is 0 Å². The zero-order valence-electron chi connectivity index (χ0n) is 8.60. The third kappa shape index (κ3) is 3.51. The van der Waals surface area contributed by atoms with Crippen LogP contribution < -0.4 is 0 Å². The number of halogens is 1. The SMILES string of the molecule is Cc1cc(Br)ccc1CCC(C)C. The highest BCUT2D eigenvalue weighted by Crippen LogP contribution is 2.18. The molecule has 0 aromatic heterocycles. The van der Waals surface area contributed by atoms with Crippen LogP contribution in [-0.2, 0) is 6.42 Å². The van der Waals surface area contributed by atoms with Gasteiger partial charge in [0.15, 0.2) is 0 Å². The van der Waals surface area contributed by atoms with E-state index in [1.807, 2.05) is 0 Å². The Balaban J connectivity index is 2.67. The Bertz CT molecular complexity index is 276. The lowest BCUT2D eigenvalue weighted by atomic mass is 9.99. The molecule has 0 saturated carbocycles. The molecule has 0 unspecified atom stereocenters. The third-order valence-electron chi connectivity index (χ3n) is 2.30. The second-order valence-electron chi connectivity index (χ2n) is 4.00. The molecule has 0 aliphatic carbocycles. The molecule has 0 N–H and O–H groups in total. The van der Waals surface area contributed by atoms with Crippen LogP contribution in [0.3, 0.4) is 0 Å². The van der Waals surface area contributed by atoms with Gasteiger partial charge in [0.05, 0.1) is 0 Å². The average molecular weight is 241 g/mol. The van der Waals surface area contributed by atoms with Crippen LogP contribution in [0.1, 0.15) is 31.4 Å². The largest absolute Gasteiger partial charge is 0.0628 e. The summed E-state index contributed by atoms with van der Waals surface area (Å²) in [5.74, 6) is 0.794. The van der Waals surface area contributed by atoms with Gasteiger partial charge in [-0.05, 0) is 48.9 Å². The fourth-order valence-electron chi connectivity index (χ4n) is 1.38. The highest BCUT2D eigenvalue weighted by molar-refractivity contribution is 9.10. The molecular formula is C12H17Br. The van der Waals surface area contributed by atoms with Crippen LogP contribution >= 0.6 is 15.9 Å². The summed E-state index contributed by atoms with van der Waals surface area (Å²) in [5, 5.41) is 0. The Morgan fingerprint density at radius 1 is 1.31 bits per heavy atom. The topological polar surface area (TPSA) is 0 Å². The number of hydrogen-bond acceptors (Lipinski definition) is 0. The van der Waals surface area contributed by atoms with Crippen LogP contribution in [0.4, 0.5) is 0 Å². The smallest absolute Gasteiger partial charge is 0.0178 e. The minimum Gasteiger partial charge on any atom is -0.0628 e. The van der Waals surface area contributed by atoms with Gasteiger partial charge in [0.25, 0.3) is 0 Å². The number of aryl methyl sites for hydroxylation is 2. The average Bonchev–Trinajstić information content (AvgIpc) is 2.02. The molecule has 13 heavy (non-hydrogen) atoms. The first-order valence-electron chi connectivity index (χ1n) is 4.84. The zero-order chi connectivity index (χ0) is 9.84. The van der Waals surface area contributed by atoms with E-state index in [-0.39, 0.29) is 0 Å². The summed E-state index contributed by atoms with van der Waals surface area (Å²) in [6, 6.07) is 6.54. The molecule has 0 bridgehead atoms. The van der Waals surface area contributed by atoms with Crippen LogP contribution in [0.2, 0.25) is 0 Å². The molecule has 1 heteroatoms. The van der Waals surface area contributed by atoms with E-state index in [2.05, 4.69) is 54.9 Å². The number of benzene rings is 1. The first-order chi connectivity index (χ1) is 6.09.